The van der Waals surface area contributed by atoms with E-state index in [1.165, 1.54) is 16.7 Å². The molecule has 1 aliphatic rings. The monoisotopic (exact) mass is 647 g/mol. The first-order valence-electron chi connectivity index (χ1n) is 15.9. The quantitative estimate of drug-likeness (QED) is 0.118. The number of carbonyl (C=O) groups is 2. The molecule has 4 aromatic carbocycles. The molecule has 0 bridgehead atoms. The van der Waals surface area contributed by atoms with Gasteiger partial charge < -0.3 is 5.32 Å². The number of nitrogens with one attached hydrogen (secondary N) is 1. The minimum absolute atomic E-state index is 0.0170. The summed E-state index contributed by atoms with van der Waals surface area (Å²) in [6.07, 6.45) is 7.84. The summed E-state index contributed by atoms with van der Waals surface area (Å²) >= 11 is 0. The van der Waals surface area contributed by atoms with Gasteiger partial charge in [0.25, 0.3) is 10.1 Å². The Morgan fingerprint density at radius 2 is 1.57 bits per heavy atom. The largest absolute Gasteiger partial charge is 0.326 e. The molecular weight excluding hydrogens is 607 g/mol. The van der Waals surface area contributed by atoms with E-state index in [1.54, 1.807) is 12.1 Å². The second kappa shape index (κ2) is 14.4. The number of hydrogen-bond donors (Lipinski definition) is 2. The summed E-state index contributed by atoms with van der Waals surface area (Å²) < 4.78 is 30.9. The molecule has 0 saturated heterocycles. The minimum atomic E-state index is -4.10. The second-order valence-electron chi connectivity index (χ2n) is 13.2. The van der Waals surface area contributed by atoms with E-state index in [2.05, 4.69) is 68.6 Å². The van der Waals surface area contributed by atoms with Gasteiger partial charge in [0.2, 0.25) is 5.91 Å². The van der Waals surface area contributed by atoms with Crippen LogP contribution in [0.2, 0.25) is 0 Å². The van der Waals surface area contributed by atoms with Crippen molar-refractivity contribution >= 4 is 45.2 Å². The third-order valence-electron chi connectivity index (χ3n) is 8.24. The number of allylic oxidation sites excluding steroid dienone is 2. The molecule has 47 heavy (non-hydrogen) atoms. The van der Waals surface area contributed by atoms with Gasteiger partial charge in [0.15, 0.2) is 5.78 Å². The zero-order valence-electron chi connectivity index (χ0n) is 27.1. The number of carbonyl (C=O) groups excluding carboxylic acids is 2. The van der Waals surface area contributed by atoms with Gasteiger partial charge in [-0.3, -0.25) is 14.1 Å². The van der Waals surface area contributed by atoms with Crippen molar-refractivity contribution < 1.29 is 22.6 Å². The number of benzene rings is 4. The van der Waals surface area contributed by atoms with Crippen LogP contribution in [0.1, 0.15) is 83.3 Å². The number of amides is 1. The SMILES string of the molecule is CC(C)(C)/C=C/c1ccc(C(Cc2ccc(C(=O)CCCS(=O)(=O)O)cc2)C(=O)Nc2ccc(C3=Cc4ccccc4C3)cc2)cc1. The van der Waals surface area contributed by atoms with Crippen LogP contribution in [0.5, 0.6) is 0 Å². The summed E-state index contributed by atoms with van der Waals surface area (Å²) in [5.74, 6) is -1.27. The first-order chi connectivity index (χ1) is 22.3. The first-order valence-corrected chi connectivity index (χ1v) is 17.5. The number of ketones is 1. The van der Waals surface area contributed by atoms with E-state index in [0.29, 0.717) is 12.0 Å². The molecule has 5 rings (SSSR count). The Bertz CT molecular complexity index is 1900. The number of fused-ring (bicyclic) bond motifs is 1. The fraction of sp³-hybridized carbons (Fsp3) is 0.250. The summed E-state index contributed by atoms with van der Waals surface area (Å²) in [5, 5.41) is 3.12. The number of rotatable bonds is 12. The molecule has 0 spiro atoms. The summed E-state index contributed by atoms with van der Waals surface area (Å²) in [4.78, 5) is 26.4. The van der Waals surface area contributed by atoms with E-state index in [1.807, 2.05) is 60.7 Å². The smallest absolute Gasteiger partial charge is 0.264 e. The van der Waals surface area contributed by atoms with Gasteiger partial charge in [0.05, 0.1) is 11.7 Å². The fourth-order valence-corrected chi connectivity index (χ4v) is 6.14. The minimum Gasteiger partial charge on any atom is -0.326 e. The van der Waals surface area contributed by atoms with Crippen LogP contribution in [0.15, 0.2) is 103 Å². The maximum atomic E-state index is 13.9. The predicted octanol–water partition coefficient (Wildman–Crippen LogP) is 8.66. The summed E-state index contributed by atoms with van der Waals surface area (Å²) in [7, 11) is -4.10. The van der Waals surface area contributed by atoms with Crippen molar-refractivity contribution in [3.63, 3.8) is 0 Å². The van der Waals surface area contributed by atoms with Crippen LogP contribution in [-0.4, -0.2) is 30.4 Å². The molecule has 4 aromatic rings. The Morgan fingerprint density at radius 1 is 0.894 bits per heavy atom. The first kappa shape index (κ1) is 33.8. The summed E-state index contributed by atoms with van der Waals surface area (Å²) in [6, 6.07) is 31.5. The van der Waals surface area contributed by atoms with E-state index in [-0.39, 0.29) is 29.9 Å². The Kier molecular flexibility index (Phi) is 10.4. The van der Waals surface area contributed by atoms with Gasteiger partial charge in [-0.25, -0.2) is 0 Å². The molecule has 1 amide bonds. The summed E-state index contributed by atoms with van der Waals surface area (Å²) in [5.41, 5.74) is 9.00. The lowest BCUT2D eigenvalue weighted by molar-refractivity contribution is -0.117. The van der Waals surface area contributed by atoms with Gasteiger partial charge in [-0.2, -0.15) is 8.42 Å². The molecule has 0 aromatic heterocycles. The molecular formula is C40H41NO5S. The van der Waals surface area contributed by atoms with Gasteiger partial charge in [0.1, 0.15) is 0 Å². The lowest BCUT2D eigenvalue weighted by Crippen LogP contribution is -2.23. The van der Waals surface area contributed by atoms with Crippen LogP contribution >= 0.6 is 0 Å². The molecule has 0 fully saturated rings. The molecule has 0 aliphatic heterocycles. The van der Waals surface area contributed by atoms with Crippen molar-refractivity contribution in [2.24, 2.45) is 5.41 Å². The van der Waals surface area contributed by atoms with Crippen LogP contribution in [-0.2, 0) is 27.8 Å². The van der Waals surface area contributed by atoms with Gasteiger partial charge in [-0.15, -0.1) is 0 Å². The normalized spacial score (nSPS) is 13.7. The van der Waals surface area contributed by atoms with Crippen LogP contribution in [0, 0.1) is 5.41 Å². The predicted molar refractivity (Wildman–Crippen MR) is 191 cm³/mol. The highest BCUT2D eigenvalue weighted by Gasteiger charge is 2.22. The van der Waals surface area contributed by atoms with Crippen molar-refractivity contribution in [1.29, 1.82) is 0 Å². The van der Waals surface area contributed by atoms with E-state index >= 15 is 0 Å². The highest BCUT2D eigenvalue weighted by atomic mass is 32.2. The molecule has 7 heteroatoms. The van der Waals surface area contributed by atoms with Crippen LogP contribution in [0.3, 0.4) is 0 Å². The van der Waals surface area contributed by atoms with E-state index < -0.39 is 21.8 Å². The van der Waals surface area contributed by atoms with Crippen molar-refractivity contribution in [2.45, 2.75) is 52.4 Å². The molecule has 1 atom stereocenters. The molecule has 1 unspecified atom stereocenters. The molecule has 242 valence electrons. The highest BCUT2D eigenvalue weighted by Crippen LogP contribution is 2.32. The molecule has 0 heterocycles. The van der Waals surface area contributed by atoms with Crippen molar-refractivity contribution in [3.05, 3.63) is 142 Å². The van der Waals surface area contributed by atoms with Crippen molar-refractivity contribution in [2.75, 3.05) is 11.1 Å². The van der Waals surface area contributed by atoms with Gasteiger partial charge >= 0.3 is 0 Å². The second-order valence-corrected chi connectivity index (χ2v) is 14.8. The summed E-state index contributed by atoms with van der Waals surface area (Å²) in [6.45, 7) is 6.44. The average molecular weight is 648 g/mol. The van der Waals surface area contributed by atoms with Gasteiger partial charge in [0, 0.05) is 17.7 Å². The Balaban J connectivity index is 1.32. The maximum Gasteiger partial charge on any atom is 0.264 e. The topological polar surface area (TPSA) is 101 Å². The third-order valence-corrected chi connectivity index (χ3v) is 9.05. The molecule has 0 saturated carbocycles. The third kappa shape index (κ3) is 9.70. The zero-order chi connectivity index (χ0) is 33.6. The average Bonchev–Trinajstić information content (AvgIpc) is 3.47. The molecule has 6 nitrogen and oxygen atoms in total. The Hall–Kier alpha value is -4.59. The molecule has 0 radical (unpaired) electrons. The number of anilines is 1. The maximum absolute atomic E-state index is 13.9. The lowest BCUT2D eigenvalue weighted by atomic mass is 9.89. The van der Waals surface area contributed by atoms with Crippen LogP contribution < -0.4 is 5.32 Å². The van der Waals surface area contributed by atoms with Gasteiger partial charge in [-0.1, -0.05) is 124 Å². The van der Waals surface area contributed by atoms with Crippen LogP contribution in [0.4, 0.5) is 5.69 Å². The Morgan fingerprint density at radius 3 is 2.21 bits per heavy atom. The van der Waals surface area contributed by atoms with Crippen molar-refractivity contribution in [3.8, 4) is 0 Å². The van der Waals surface area contributed by atoms with Gasteiger partial charge in [-0.05, 0) is 75.8 Å². The zero-order valence-corrected chi connectivity index (χ0v) is 27.9. The fourth-order valence-electron chi connectivity index (χ4n) is 5.63. The van der Waals surface area contributed by atoms with Crippen molar-refractivity contribution in [1.82, 2.24) is 0 Å². The molecule has 2 N–H and O–H groups in total. The van der Waals surface area contributed by atoms with Crippen LogP contribution in [0.25, 0.3) is 17.7 Å². The number of hydrogen-bond acceptors (Lipinski definition) is 4. The van der Waals surface area contributed by atoms with E-state index in [4.69, 9.17) is 4.55 Å². The van der Waals surface area contributed by atoms with E-state index in [0.717, 1.165) is 34.4 Å². The lowest BCUT2D eigenvalue weighted by Gasteiger charge is -2.19. The Labute approximate surface area is 278 Å². The standard InChI is InChI=1S/C40H41NO5S/c1-40(2,3)23-22-28-10-14-31(15-11-28)37(25-29-12-16-32(17-13-29)38(42)9-6-24-47(44,45)46)39(43)41-36-20-18-30(19-21-36)35-26-33-7-4-5-8-34(33)27-35/h4-5,7-8,10-23,26,37H,6,9,24-25,27H2,1-3H3,(H,41,43)(H,44,45,46)/b23-22+. The van der Waals surface area contributed by atoms with E-state index in [9.17, 15) is 18.0 Å². The number of Topliss-reactive ketones (excluding diaryl/α,β-unsaturated/α-hetero) is 1. The molecule has 1 aliphatic carbocycles. The highest BCUT2D eigenvalue weighted by molar-refractivity contribution is 7.85.